The molecule has 0 heterocycles. The Morgan fingerprint density at radius 2 is 0.769 bits per heavy atom. The zero-order chi connectivity index (χ0) is 38.2. The van der Waals surface area contributed by atoms with Gasteiger partial charge in [-0.1, -0.05) is 105 Å². The highest BCUT2D eigenvalue weighted by molar-refractivity contribution is 5.69. The Morgan fingerprint density at radius 3 is 1.08 bits per heavy atom. The quantitative estimate of drug-likeness (QED) is 0.0368. The van der Waals surface area contributed by atoms with Gasteiger partial charge in [0.1, 0.15) is 0 Å². The van der Waals surface area contributed by atoms with Crippen LogP contribution in [0.1, 0.15) is 182 Å². The van der Waals surface area contributed by atoms with Gasteiger partial charge in [-0.05, 0) is 64.5 Å². The van der Waals surface area contributed by atoms with Crippen molar-refractivity contribution in [3.8, 4) is 0 Å². The molecule has 0 saturated heterocycles. The van der Waals surface area contributed by atoms with E-state index in [9.17, 15) is 14.7 Å². The van der Waals surface area contributed by atoms with Crippen LogP contribution in [0, 0.1) is 0 Å². The molecule has 0 saturated carbocycles. The second-order valence-electron chi connectivity index (χ2n) is 14.1. The fourth-order valence-electron chi connectivity index (χ4n) is 5.74. The summed E-state index contributed by atoms with van der Waals surface area (Å²) in [6.45, 7) is 14.5. The van der Waals surface area contributed by atoms with Crippen molar-refractivity contribution in [3.63, 3.8) is 0 Å². The highest BCUT2D eigenvalue weighted by Crippen LogP contribution is 2.12. The van der Waals surface area contributed by atoms with Crippen molar-refractivity contribution in [2.45, 2.75) is 194 Å². The van der Waals surface area contributed by atoms with Crippen molar-refractivity contribution >= 4 is 11.9 Å². The van der Waals surface area contributed by atoms with Gasteiger partial charge < -0.3 is 38.4 Å². The van der Waals surface area contributed by atoms with Gasteiger partial charge in [-0.3, -0.25) is 9.59 Å². The number of esters is 2. The van der Waals surface area contributed by atoms with Crippen LogP contribution in [0.4, 0.5) is 0 Å². The first-order valence-corrected chi connectivity index (χ1v) is 21.6. The molecular formula is C42H83NO9. The zero-order valence-corrected chi connectivity index (χ0v) is 34.4. The van der Waals surface area contributed by atoms with Gasteiger partial charge in [-0.25, -0.2) is 0 Å². The number of hydrogen-bond acceptors (Lipinski definition) is 10. The lowest BCUT2D eigenvalue weighted by Gasteiger charge is -2.21. The summed E-state index contributed by atoms with van der Waals surface area (Å²) in [5.41, 5.74) is 0. The van der Waals surface area contributed by atoms with Gasteiger partial charge in [0.2, 0.25) is 0 Å². The van der Waals surface area contributed by atoms with Crippen LogP contribution in [-0.4, -0.2) is 100 Å². The first-order chi connectivity index (χ1) is 25.5. The molecule has 52 heavy (non-hydrogen) atoms. The molecule has 0 atom stereocenters. The Hall–Kier alpha value is -1.30. The summed E-state index contributed by atoms with van der Waals surface area (Å²) in [5, 5.41) is 9.54. The maximum Gasteiger partial charge on any atom is 0.305 e. The fourth-order valence-corrected chi connectivity index (χ4v) is 5.74. The number of aliphatic hydroxyl groups excluding tert-OH is 1. The van der Waals surface area contributed by atoms with E-state index in [1.165, 1.54) is 51.4 Å². The second kappa shape index (κ2) is 40.9. The summed E-state index contributed by atoms with van der Waals surface area (Å²) in [6.07, 6.45) is 22.4. The molecule has 0 rings (SSSR count). The van der Waals surface area contributed by atoms with E-state index in [1.807, 2.05) is 0 Å². The molecule has 310 valence electrons. The first-order valence-electron chi connectivity index (χ1n) is 21.6. The number of carbonyl (C=O) groups is 2. The van der Waals surface area contributed by atoms with Crippen LogP contribution in [0.15, 0.2) is 0 Å². The van der Waals surface area contributed by atoms with Crippen LogP contribution >= 0.6 is 0 Å². The molecule has 0 radical (unpaired) electrons. The maximum atomic E-state index is 12.4. The smallest absolute Gasteiger partial charge is 0.305 e. The summed E-state index contributed by atoms with van der Waals surface area (Å²) in [6, 6.07) is 0. The van der Waals surface area contributed by atoms with Crippen LogP contribution < -0.4 is 0 Å². The third-order valence-electron chi connectivity index (χ3n) is 9.05. The molecule has 0 fully saturated rings. The molecule has 0 aromatic heterocycles. The normalized spacial score (nSPS) is 11.7. The van der Waals surface area contributed by atoms with Gasteiger partial charge in [-0.15, -0.1) is 0 Å². The zero-order valence-electron chi connectivity index (χ0n) is 34.4. The van der Waals surface area contributed by atoms with Crippen molar-refractivity contribution in [1.29, 1.82) is 0 Å². The van der Waals surface area contributed by atoms with Gasteiger partial charge >= 0.3 is 11.9 Å². The molecular weight excluding hydrogens is 662 g/mol. The third kappa shape index (κ3) is 35.7. The van der Waals surface area contributed by atoms with E-state index in [0.29, 0.717) is 59.0 Å². The van der Waals surface area contributed by atoms with E-state index in [4.69, 9.17) is 28.4 Å². The number of rotatable bonds is 42. The highest BCUT2D eigenvalue weighted by atomic mass is 16.7. The lowest BCUT2D eigenvalue weighted by atomic mass is 10.2. The average molecular weight is 746 g/mol. The first kappa shape index (κ1) is 50.7. The van der Waals surface area contributed by atoms with Crippen LogP contribution in [0.25, 0.3) is 0 Å². The van der Waals surface area contributed by atoms with E-state index in [2.05, 4.69) is 32.6 Å². The van der Waals surface area contributed by atoms with Crippen molar-refractivity contribution in [2.75, 3.05) is 65.9 Å². The van der Waals surface area contributed by atoms with Crippen molar-refractivity contribution in [2.24, 2.45) is 0 Å². The summed E-state index contributed by atoms with van der Waals surface area (Å²) >= 11 is 0. The minimum absolute atomic E-state index is 0.0923. The molecule has 0 bridgehead atoms. The SMILES string of the molecule is CCCCCCOC(CCC(=O)OCCCCN(CCO)CCCCOC(=O)CCC(OCCCCCC)OCCCCCC)OCCCCCC. The van der Waals surface area contributed by atoms with E-state index >= 15 is 0 Å². The van der Waals surface area contributed by atoms with Gasteiger partial charge in [-0.2, -0.15) is 0 Å². The molecule has 0 aromatic carbocycles. The molecule has 0 amide bonds. The van der Waals surface area contributed by atoms with Gasteiger partial charge in [0, 0.05) is 45.8 Å². The van der Waals surface area contributed by atoms with Crippen LogP contribution in [0.2, 0.25) is 0 Å². The predicted octanol–water partition coefficient (Wildman–Crippen LogP) is 9.53. The topological polar surface area (TPSA) is 113 Å². The van der Waals surface area contributed by atoms with Crippen LogP contribution in [0.3, 0.4) is 0 Å². The lowest BCUT2D eigenvalue weighted by Crippen LogP contribution is -2.29. The molecule has 0 spiro atoms. The van der Waals surface area contributed by atoms with E-state index in [1.54, 1.807) is 0 Å². The summed E-state index contributed by atoms with van der Waals surface area (Å²) in [7, 11) is 0. The fraction of sp³-hybridized carbons (Fsp3) is 0.952. The number of hydrogen-bond donors (Lipinski definition) is 1. The lowest BCUT2D eigenvalue weighted by molar-refractivity contribution is -0.159. The van der Waals surface area contributed by atoms with Crippen molar-refractivity contribution < 1.29 is 43.1 Å². The molecule has 10 heteroatoms. The highest BCUT2D eigenvalue weighted by Gasteiger charge is 2.15. The Kier molecular flexibility index (Phi) is 39.9. The third-order valence-corrected chi connectivity index (χ3v) is 9.05. The molecule has 0 aliphatic rings. The van der Waals surface area contributed by atoms with Crippen LogP contribution in [-0.2, 0) is 38.0 Å². The maximum absolute atomic E-state index is 12.4. The van der Waals surface area contributed by atoms with E-state index in [-0.39, 0.29) is 44.0 Å². The Labute approximate surface area is 319 Å². The monoisotopic (exact) mass is 746 g/mol. The summed E-state index contributed by atoms with van der Waals surface area (Å²) < 4.78 is 34.9. The Balaban J connectivity index is 4.24. The minimum atomic E-state index is -0.354. The van der Waals surface area contributed by atoms with Crippen molar-refractivity contribution in [1.82, 2.24) is 4.90 Å². The number of carbonyl (C=O) groups excluding carboxylic acids is 2. The Bertz CT molecular complexity index is 671. The number of unbranched alkanes of at least 4 members (excludes halogenated alkanes) is 14. The average Bonchev–Trinajstić information content (AvgIpc) is 3.14. The number of nitrogens with zero attached hydrogens (tertiary/aromatic N) is 1. The number of ether oxygens (including phenoxy) is 6. The van der Waals surface area contributed by atoms with Crippen molar-refractivity contribution in [3.05, 3.63) is 0 Å². The second-order valence-corrected chi connectivity index (χ2v) is 14.1. The number of aliphatic hydroxyl groups is 1. The molecule has 0 aliphatic heterocycles. The van der Waals surface area contributed by atoms with E-state index in [0.717, 1.165) is 90.1 Å². The molecule has 10 nitrogen and oxygen atoms in total. The minimum Gasteiger partial charge on any atom is -0.466 e. The largest absolute Gasteiger partial charge is 0.466 e. The van der Waals surface area contributed by atoms with Crippen LogP contribution in [0.5, 0.6) is 0 Å². The molecule has 0 aliphatic carbocycles. The van der Waals surface area contributed by atoms with E-state index < -0.39 is 0 Å². The summed E-state index contributed by atoms with van der Waals surface area (Å²) in [4.78, 5) is 27.1. The predicted molar refractivity (Wildman–Crippen MR) is 210 cm³/mol. The molecule has 0 aromatic rings. The molecule has 1 N–H and O–H groups in total. The summed E-state index contributed by atoms with van der Waals surface area (Å²) in [5.74, 6) is -0.423. The van der Waals surface area contributed by atoms with Gasteiger partial charge in [0.05, 0.1) is 32.7 Å². The van der Waals surface area contributed by atoms with Gasteiger partial charge in [0.25, 0.3) is 0 Å². The molecule has 0 unspecified atom stereocenters. The van der Waals surface area contributed by atoms with Gasteiger partial charge in [0.15, 0.2) is 12.6 Å². The Morgan fingerprint density at radius 1 is 0.442 bits per heavy atom. The standard InChI is InChI=1S/C42H83NO9/c1-5-9-13-19-35-49-41(50-36-20-14-10-6-2)27-25-39(45)47-33-23-17-29-43(31-32-44)30-18-24-34-48-40(46)26-28-42(51-37-21-15-11-7-3)52-38-22-16-12-8-4/h41-42,44H,5-38H2,1-4H3.